The average molecular weight is 252 g/mol. The minimum atomic E-state index is -4.13. The van der Waals surface area contributed by atoms with Crippen molar-refractivity contribution in [2.24, 2.45) is 17.6 Å². The summed E-state index contributed by atoms with van der Waals surface area (Å²) in [7, 11) is 0. The number of rotatable bonds is 3. The van der Waals surface area contributed by atoms with Crippen LogP contribution in [0.25, 0.3) is 0 Å². The van der Waals surface area contributed by atoms with Crippen LogP contribution in [0.15, 0.2) is 0 Å². The molecule has 0 aliphatic carbocycles. The molecule has 6 heteroatoms. The van der Waals surface area contributed by atoms with Gasteiger partial charge in [-0.15, -0.1) is 0 Å². The number of alkyl halides is 3. The van der Waals surface area contributed by atoms with E-state index < -0.39 is 12.1 Å². The smallest absolute Gasteiger partial charge is 0.342 e. The molecule has 17 heavy (non-hydrogen) atoms. The Bertz CT molecular complexity index is 260. The van der Waals surface area contributed by atoms with Gasteiger partial charge in [-0.25, -0.2) is 0 Å². The van der Waals surface area contributed by atoms with Crippen molar-refractivity contribution < 1.29 is 18.0 Å². The predicted octanol–water partition coefficient (Wildman–Crippen LogP) is 1.77. The molecule has 1 fully saturated rings. The molecule has 0 radical (unpaired) electrons. The highest BCUT2D eigenvalue weighted by Gasteiger charge is 2.41. The van der Waals surface area contributed by atoms with Gasteiger partial charge in [-0.3, -0.25) is 4.79 Å². The van der Waals surface area contributed by atoms with E-state index in [1.165, 1.54) is 4.90 Å². The third-order valence-corrected chi connectivity index (χ3v) is 3.29. The van der Waals surface area contributed by atoms with Crippen molar-refractivity contribution in [3.8, 4) is 0 Å². The molecule has 100 valence electrons. The third kappa shape index (κ3) is 3.87. The second-order valence-electron chi connectivity index (χ2n) is 4.62. The van der Waals surface area contributed by atoms with Crippen molar-refractivity contribution in [3.05, 3.63) is 0 Å². The second kappa shape index (κ2) is 5.71. The van der Waals surface area contributed by atoms with Gasteiger partial charge in [0.15, 0.2) is 0 Å². The van der Waals surface area contributed by atoms with Crippen LogP contribution in [0.3, 0.4) is 0 Å². The van der Waals surface area contributed by atoms with Crippen LogP contribution >= 0.6 is 0 Å². The molecular formula is C11H19F3N2O. The number of piperidine rings is 1. The van der Waals surface area contributed by atoms with Gasteiger partial charge in [-0.2, -0.15) is 13.2 Å². The van der Waals surface area contributed by atoms with Gasteiger partial charge in [0.1, 0.15) is 0 Å². The van der Waals surface area contributed by atoms with Crippen LogP contribution in [0.2, 0.25) is 0 Å². The molecule has 0 bridgehead atoms. The van der Waals surface area contributed by atoms with Gasteiger partial charge in [0.2, 0.25) is 5.91 Å². The maximum absolute atomic E-state index is 12.4. The maximum atomic E-state index is 12.4. The number of likely N-dealkylation sites (tertiary alicyclic amines) is 1. The largest absolute Gasteiger partial charge is 0.391 e. The number of hydrogen-bond donors (Lipinski definition) is 1. The van der Waals surface area contributed by atoms with Crippen LogP contribution < -0.4 is 5.73 Å². The summed E-state index contributed by atoms with van der Waals surface area (Å²) >= 11 is 0. The van der Waals surface area contributed by atoms with Crippen LogP contribution in [0.1, 0.15) is 26.2 Å². The Morgan fingerprint density at radius 3 is 2.35 bits per heavy atom. The lowest BCUT2D eigenvalue weighted by Gasteiger charge is -2.34. The van der Waals surface area contributed by atoms with Gasteiger partial charge in [-0.1, -0.05) is 6.92 Å². The van der Waals surface area contributed by atoms with Crippen LogP contribution in [0.5, 0.6) is 0 Å². The van der Waals surface area contributed by atoms with E-state index in [4.69, 9.17) is 5.73 Å². The number of carbonyl (C=O) groups excluding carboxylic acids is 1. The molecule has 1 saturated heterocycles. The Kier molecular flexibility index (Phi) is 4.80. The molecule has 1 atom stereocenters. The van der Waals surface area contributed by atoms with Crippen molar-refractivity contribution in [1.29, 1.82) is 0 Å². The first-order valence-electron chi connectivity index (χ1n) is 5.91. The summed E-state index contributed by atoms with van der Waals surface area (Å²) in [6.07, 6.45) is -3.51. The van der Waals surface area contributed by atoms with Crippen molar-refractivity contribution >= 4 is 5.91 Å². The molecular weight excluding hydrogens is 233 g/mol. The highest BCUT2D eigenvalue weighted by molar-refractivity contribution is 5.78. The van der Waals surface area contributed by atoms with Crippen LogP contribution in [0, 0.1) is 11.8 Å². The molecule has 1 rings (SSSR count). The van der Waals surface area contributed by atoms with E-state index in [9.17, 15) is 18.0 Å². The Balaban J connectivity index is 2.44. The quantitative estimate of drug-likeness (QED) is 0.832. The van der Waals surface area contributed by atoms with Gasteiger partial charge in [0.25, 0.3) is 0 Å². The lowest BCUT2D eigenvalue weighted by Crippen LogP contribution is -2.44. The maximum Gasteiger partial charge on any atom is 0.391 e. The Morgan fingerprint density at radius 1 is 1.41 bits per heavy atom. The van der Waals surface area contributed by atoms with Crippen molar-refractivity contribution in [1.82, 2.24) is 4.90 Å². The van der Waals surface area contributed by atoms with Crippen molar-refractivity contribution in [2.45, 2.75) is 32.4 Å². The fourth-order valence-electron chi connectivity index (χ4n) is 2.11. The summed E-state index contributed by atoms with van der Waals surface area (Å²) in [4.78, 5) is 13.4. The molecule has 0 aromatic carbocycles. The highest BCUT2D eigenvalue weighted by Crippen LogP contribution is 2.34. The number of nitrogens with two attached hydrogens (primary N) is 1. The number of carbonyl (C=O) groups is 1. The minimum Gasteiger partial charge on any atom is -0.342 e. The first-order chi connectivity index (χ1) is 7.86. The molecule has 3 nitrogen and oxygen atoms in total. The fraction of sp³-hybridized carbons (Fsp3) is 0.909. The zero-order chi connectivity index (χ0) is 13.1. The molecule has 0 aromatic rings. The lowest BCUT2D eigenvalue weighted by atomic mass is 9.95. The number of nitrogens with zero attached hydrogens (tertiary/aromatic N) is 1. The van der Waals surface area contributed by atoms with E-state index in [0.29, 0.717) is 13.0 Å². The first-order valence-corrected chi connectivity index (χ1v) is 5.91. The molecule has 1 aliphatic heterocycles. The summed E-state index contributed by atoms with van der Waals surface area (Å²) < 4.78 is 37.3. The third-order valence-electron chi connectivity index (χ3n) is 3.29. The van der Waals surface area contributed by atoms with E-state index in [-0.39, 0.29) is 37.8 Å². The topological polar surface area (TPSA) is 46.3 Å². The number of amides is 1. The molecule has 0 spiro atoms. The molecule has 1 aliphatic rings. The monoisotopic (exact) mass is 252 g/mol. The number of halogens is 3. The SMILES string of the molecule is CC(CCN)C(=O)N1CCC(C(F)(F)F)CC1. The minimum absolute atomic E-state index is 0.0184. The fourth-order valence-corrected chi connectivity index (χ4v) is 2.11. The first kappa shape index (κ1) is 14.3. The normalized spacial score (nSPS) is 20.4. The lowest BCUT2D eigenvalue weighted by molar-refractivity contribution is -0.186. The summed E-state index contributed by atoms with van der Waals surface area (Å²) in [6, 6.07) is 0. The molecule has 1 unspecified atom stereocenters. The molecule has 1 heterocycles. The Morgan fingerprint density at radius 2 is 1.94 bits per heavy atom. The zero-order valence-electron chi connectivity index (χ0n) is 9.96. The standard InChI is InChI=1S/C11H19F3N2O/c1-8(2-5-15)10(17)16-6-3-9(4-7-16)11(12,13)14/h8-9H,2-7,15H2,1H3. The summed E-state index contributed by atoms with van der Waals surface area (Å²) in [5.74, 6) is -1.52. The summed E-state index contributed by atoms with van der Waals surface area (Å²) in [5, 5.41) is 0. The Labute approximate surface area is 99.1 Å². The van der Waals surface area contributed by atoms with Crippen LogP contribution in [0.4, 0.5) is 13.2 Å². The van der Waals surface area contributed by atoms with Crippen molar-refractivity contribution in [3.63, 3.8) is 0 Å². The molecule has 1 amide bonds. The van der Waals surface area contributed by atoms with Crippen LogP contribution in [-0.2, 0) is 4.79 Å². The van der Waals surface area contributed by atoms with Gasteiger partial charge in [0, 0.05) is 19.0 Å². The zero-order valence-corrected chi connectivity index (χ0v) is 9.96. The Hall–Kier alpha value is -0.780. The molecule has 2 N–H and O–H groups in total. The van der Waals surface area contributed by atoms with Gasteiger partial charge in [0.05, 0.1) is 5.92 Å². The summed E-state index contributed by atoms with van der Waals surface area (Å²) in [5.41, 5.74) is 5.36. The highest BCUT2D eigenvalue weighted by atomic mass is 19.4. The van der Waals surface area contributed by atoms with E-state index in [1.807, 2.05) is 0 Å². The van der Waals surface area contributed by atoms with Gasteiger partial charge >= 0.3 is 6.18 Å². The van der Waals surface area contributed by atoms with E-state index >= 15 is 0 Å². The van der Waals surface area contributed by atoms with E-state index in [1.54, 1.807) is 6.92 Å². The van der Waals surface area contributed by atoms with Gasteiger partial charge < -0.3 is 10.6 Å². The summed E-state index contributed by atoms with van der Waals surface area (Å²) in [6.45, 7) is 2.60. The predicted molar refractivity (Wildman–Crippen MR) is 58.2 cm³/mol. The average Bonchev–Trinajstić information content (AvgIpc) is 2.27. The number of hydrogen-bond acceptors (Lipinski definition) is 2. The second-order valence-corrected chi connectivity index (χ2v) is 4.62. The van der Waals surface area contributed by atoms with E-state index in [0.717, 1.165) is 0 Å². The van der Waals surface area contributed by atoms with Crippen molar-refractivity contribution in [2.75, 3.05) is 19.6 Å². The van der Waals surface area contributed by atoms with E-state index in [2.05, 4.69) is 0 Å². The molecule has 0 saturated carbocycles. The van der Waals surface area contributed by atoms with Gasteiger partial charge in [-0.05, 0) is 25.8 Å². The van der Waals surface area contributed by atoms with Crippen LogP contribution in [-0.4, -0.2) is 36.6 Å². The molecule has 0 aromatic heterocycles.